The molecule has 0 spiro atoms. The number of hydrogen-bond acceptors (Lipinski definition) is 7. The molecule has 5 N–H and O–H groups in total. The summed E-state index contributed by atoms with van der Waals surface area (Å²) in [6.45, 7) is 4.72. The maximum absolute atomic E-state index is 13.0. The number of anilines is 1. The molecule has 1 atom stereocenters. The molecule has 0 aliphatic carbocycles. The Balaban J connectivity index is 1.37. The zero-order valence-corrected chi connectivity index (χ0v) is 23.2. The van der Waals surface area contributed by atoms with E-state index in [9.17, 15) is 23.1 Å². The quantitative estimate of drug-likeness (QED) is 0.229. The fourth-order valence-electron chi connectivity index (χ4n) is 4.65. The van der Waals surface area contributed by atoms with Gasteiger partial charge in [-0.2, -0.15) is 4.72 Å². The Labute approximate surface area is 232 Å². The number of carboxylic acid groups (broad SMARTS) is 1. The average molecular weight is 562 g/mol. The summed E-state index contributed by atoms with van der Waals surface area (Å²) in [5, 5.41) is 12.9. The summed E-state index contributed by atoms with van der Waals surface area (Å²) < 4.78 is 28.2. The van der Waals surface area contributed by atoms with Crippen LogP contribution in [0.5, 0.6) is 0 Å². The van der Waals surface area contributed by atoms with E-state index in [0.29, 0.717) is 41.2 Å². The van der Waals surface area contributed by atoms with Crippen molar-refractivity contribution in [2.75, 3.05) is 12.3 Å². The van der Waals surface area contributed by atoms with Gasteiger partial charge in [-0.25, -0.2) is 18.4 Å². The van der Waals surface area contributed by atoms with Crippen molar-refractivity contribution in [3.05, 3.63) is 94.3 Å². The van der Waals surface area contributed by atoms with Gasteiger partial charge in [0.05, 0.1) is 10.4 Å². The molecule has 0 aliphatic rings. The molecular weight excluding hydrogens is 530 g/mol. The van der Waals surface area contributed by atoms with Gasteiger partial charge in [0.1, 0.15) is 17.7 Å². The number of aliphatic carboxylic acids is 1. The molecule has 3 aromatic carbocycles. The minimum atomic E-state index is -4.15. The molecular formula is C29H31N5O5S. The molecule has 0 radical (unpaired) electrons. The molecule has 0 aliphatic heterocycles. The van der Waals surface area contributed by atoms with E-state index in [1.165, 1.54) is 0 Å². The molecule has 4 aromatic rings. The fourth-order valence-corrected chi connectivity index (χ4v) is 6.30. The number of carbonyl (C=O) groups excluding carboxylic acids is 1. The van der Waals surface area contributed by atoms with Crippen LogP contribution in [0.1, 0.15) is 38.4 Å². The lowest BCUT2D eigenvalue weighted by atomic mass is 10.1. The van der Waals surface area contributed by atoms with Crippen LogP contribution in [0.2, 0.25) is 0 Å². The van der Waals surface area contributed by atoms with E-state index in [1.54, 1.807) is 50.2 Å². The maximum Gasteiger partial charge on any atom is 0.323 e. The van der Waals surface area contributed by atoms with E-state index in [1.807, 2.05) is 31.2 Å². The van der Waals surface area contributed by atoms with Crippen molar-refractivity contribution in [2.24, 2.45) is 0 Å². The smallest absolute Gasteiger partial charge is 0.323 e. The molecule has 4 rings (SSSR count). The number of nitrogens with one attached hydrogen (secondary N) is 2. The van der Waals surface area contributed by atoms with E-state index in [2.05, 4.69) is 20.0 Å². The maximum atomic E-state index is 13.0. The second-order valence-corrected chi connectivity index (χ2v) is 11.3. The number of hydrogen-bond donors (Lipinski definition) is 4. The van der Waals surface area contributed by atoms with Crippen molar-refractivity contribution in [3.8, 4) is 0 Å². The van der Waals surface area contributed by atoms with Crippen molar-refractivity contribution in [1.29, 1.82) is 0 Å². The van der Waals surface area contributed by atoms with Crippen LogP contribution in [0.25, 0.3) is 10.9 Å². The summed E-state index contributed by atoms with van der Waals surface area (Å²) in [4.78, 5) is 33.5. The third-order valence-corrected chi connectivity index (χ3v) is 8.24. The van der Waals surface area contributed by atoms with Gasteiger partial charge in [0, 0.05) is 23.9 Å². The first-order chi connectivity index (χ1) is 18.9. The van der Waals surface area contributed by atoms with Gasteiger partial charge in [-0.1, -0.05) is 42.0 Å². The van der Waals surface area contributed by atoms with Crippen LogP contribution in [-0.4, -0.2) is 48.0 Å². The molecule has 208 valence electrons. The zero-order chi connectivity index (χ0) is 29.0. The van der Waals surface area contributed by atoms with Crippen molar-refractivity contribution in [2.45, 2.75) is 44.6 Å². The summed E-state index contributed by atoms with van der Waals surface area (Å²) in [6.07, 6.45) is 1.18. The number of amides is 1. The molecule has 1 heterocycles. The van der Waals surface area contributed by atoms with Gasteiger partial charge >= 0.3 is 5.97 Å². The van der Waals surface area contributed by atoms with Gasteiger partial charge in [-0.15, -0.1) is 0 Å². The molecule has 1 aromatic heterocycles. The van der Waals surface area contributed by atoms with Crippen LogP contribution in [0.3, 0.4) is 0 Å². The predicted octanol–water partition coefficient (Wildman–Crippen LogP) is 3.08. The van der Waals surface area contributed by atoms with Gasteiger partial charge in [0.15, 0.2) is 0 Å². The standard InChI is InChI=1S/C29H31N5O5S/c1-17-14-18(2)26(19(3)15-17)40(38,39)34-24(29(36)37)16-31-28(35)21-11-8-20(9-12-21)10-13-25-32-23-7-5-4-6-22(23)27(30)33-25/h4-9,11-12,14-15,24,34H,10,13,16H2,1-3H3,(H,31,35)(H,36,37)(H2,30,32,33). The van der Waals surface area contributed by atoms with Crippen molar-refractivity contribution in [3.63, 3.8) is 0 Å². The average Bonchev–Trinajstić information content (AvgIpc) is 2.89. The summed E-state index contributed by atoms with van der Waals surface area (Å²) in [5.74, 6) is -0.876. The Bertz CT molecular complexity index is 1660. The second kappa shape index (κ2) is 11.8. The minimum absolute atomic E-state index is 0.0306. The van der Waals surface area contributed by atoms with Gasteiger partial charge < -0.3 is 16.2 Å². The van der Waals surface area contributed by atoms with E-state index in [0.717, 1.165) is 22.0 Å². The van der Waals surface area contributed by atoms with Crippen LogP contribution >= 0.6 is 0 Å². The van der Waals surface area contributed by atoms with Crippen molar-refractivity contribution in [1.82, 2.24) is 20.0 Å². The van der Waals surface area contributed by atoms with E-state index in [-0.39, 0.29) is 4.90 Å². The van der Waals surface area contributed by atoms with E-state index >= 15 is 0 Å². The number of rotatable bonds is 10. The van der Waals surface area contributed by atoms with E-state index in [4.69, 9.17) is 5.73 Å². The Morgan fingerprint density at radius 3 is 2.25 bits per heavy atom. The molecule has 11 heteroatoms. The number of fused-ring (bicyclic) bond motifs is 1. The van der Waals surface area contributed by atoms with Crippen LogP contribution < -0.4 is 15.8 Å². The molecule has 1 amide bonds. The molecule has 1 unspecified atom stereocenters. The number of aryl methyl sites for hydroxylation is 5. The fraction of sp³-hybridized carbons (Fsp3) is 0.241. The molecule has 0 fully saturated rings. The topological polar surface area (TPSA) is 164 Å². The highest BCUT2D eigenvalue weighted by Crippen LogP contribution is 2.22. The minimum Gasteiger partial charge on any atom is -0.480 e. The van der Waals surface area contributed by atoms with Crippen molar-refractivity contribution < 1.29 is 23.1 Å². The Morgan fingerprint density at radius 2 is 1.60 bits per heavy atom. The van der Waals surface area contributed by atoms with Gasteiger partial charge in [-0.3, -0.25) is 9.59 Å². The number of carboxylic acids is 1. The first-order valence-electron chi connectivity index (χ1n) is 12.7. The highest BCUT2D eigenvalue weighted by molar-refractivity contribution is 7.89. The van der Waals surface area contributed by atoms with Crippen LogP contribution in [0.15, 0.2) is 65.6 Å². The third kappa shape index (κ3) is 6.61. The number of nitrogen functional groups attached to an aromatic ring is 1. The highest BCUT2D eigenvalue weighted by atomic mass is 32.2. The number of benzene rings is 3. The largest absolute Gasteiger partial charge is 0.480 e. The zero-order valence-electron chi connectivity index (χ0n) is 22.4. The monoisotopic (exact) mass is 561 g/mol. The lowest BCUT2D eigenvalue weighted by Crippen LogP contribution is -2.48. The Kier molecular flexibility index (Phi) is 8.46. The number of para-hydroxylation sites is 1. The summed E-state index contributed by atoms with van der Waals surface area (Å²) in [6, 6.07) is 16.2. The SMILES string of the molecule is Cc1cc(C)c(S(=O)(=O)NC(CNC(=O)c2ccc(CCc3nc(N)c4ccccc4n3)cc2)C(=O)O)c(C)c1. The number of carbonyl (C=O) groups is 2. The molecule has 10 nitrogen and oxygen atoms in total. The Hall–Kier alpha value is -4.35. The predicted molar refractivity (Wildman–Crippen MR) is 153 cm³/mol. The highest BCUT2D eigenvalue weighted by Gasteiger charge is 2.28. The summed E-state index contributed by atoms with van der Waals surface area (Å²) in [5.41, 5.74) is 10.0. The lowest BCUT2D eigenvalue weighted by molar-refractivity contribution is -0.138. The molecule has 0 saturated heterocycles. The molecule has 40 heavy (non-hydrogen) atoms. The first kappa shape index (κ1) is 28.7. The first-order valence-corrected chi connectivity index (χ1v) is 14.1. The van der Waals surface area contributed by atoms with Gasteiger partial charge in [0.2, 0.25) is 10.0 Å². The summed E-state index contributed by atoms with van der Waals surface area (Å²) in [7, 11) is -4.15. The number of nitrogens with two attached hydrogens (primary N) is 1. The number of sulfonamides is 1. The summed E-state index contributed by atoms with van der Waals surface area (Å²) >= 11 is 0. The molecule has 0 saturated carbocycles. The van der Waals surface area contributed by atoms with Crippen LogP contribution in [-0.2, 0) is 27.7 Å². The van der Waals surface area contributed by atoms with E-state index < -0.39 is 34.5 Å². The number of aromatic nitrogens is 2. The second-order valence-electron chi connectivity index (χ2n) is 9.69. The van der Waals surface area contributed by atoms with Crippen LogP contribution in [0.4, 0.5) is 5.82 Å². The number of nitrogens with zero attached hydrogens (tertiary/aromatic N) is 2. The van der Waals surface area contributed by atoms with Crippen LogP contribution in [0, 0.1) is 20.8 Å². The normalized spacial score (nSPS) is 12.3. The van der Waals surface area contributed by atoms with Gasteiger partial charge in [0.25, 0.3) is 5.91 Å². The molecule has 0 bridgehead atoms. The third-order valence-electron chi connectivity index (χ3n) is 6.47. The lowest BCUT2D eigenvalue weighted by Gasteiger charge is -2.18. The van der Waals surface area contributed by atoms with Crippen molar-refractivity contribution >= 4 is 38.6 Å². The Morgan fingerprint density at radius 1 is 0.950 bits per heavy atom. The van der Waals surface area contributed by atoms with Gasteiger partial charge in [-0.05, 0) is 68.1 Å².